The predicted molar refractivity (Wildman–Crippen MR) is 119 cm³/mol. The first-order chi connectivity index (χ1) is 15.5. The number of nitrogens with two attached hydrogens (primary N) is 2. The second-order valence-corrected chi connectivity index (χ2v) is 9.38. The predicted octanol–water partition coefficient (Wildman–Crippen LogP) is 2.47. The van der Waals surface area contributed by atoms with Gasteiger partial charge in [-0.25, -0.2) is 24.3 Å². The van der Waals surface area contributed by atoms with E-state index in [4.69, 9.17) is 11.5 Å². The summed E-state index contributed by atoms with van der Waals surface area (Å²) in [5.41, 5.74) is 14.8. The average Bonchev–Trinajstić information content (AvgIpc) is 3.04. The minimum Gasteiger partial charge on any atom is -0.390 e. The van der Waals surface area contributed by atoms with Crippen molar-refractivity contribution in [2.45, 2.75) is 42.0 Å². The van der Waals surface area contributed by atoms with E-state index in [1.165, 1.54) is 17.8 Å². The van der Waals surface area contributed by atoms with Gasteiger partial charge in [-0.3, -0.25) is 0 Å². The normalized spacial score (nSPS) is 19.3. The van der Waals surface area contributed by atoms with Gasteiger partial charge in [0.05, 0.1) is 12.8 Å². The molecule has 10 heteroatoms. The van der Waals surface area contributed by atoms with Crippen LogP contribution in [0, 0.1) is 11.2 Å². The Morgan fingerprint density at radius 2 is 1.97 bits per heavy atom. The molecule has 166 valence electrons. The molecule has 5 N–H and O–H groups in total. The Kier molecular flexibility index (Phi) is 5.44. The first-order valence-corrected chi connectivity index (χ1v) is 11.3. The summed E-state index contributed by atoms with van der Waals surface area (Å²) >= 11 is 1.31. The number of rotatable bonds is 4. The molecule has 2 aliphatic rings. The van der Waals surface area contributed by atoms with Gasteiger partial charge < -0.3 is 21.5 Å². The van der Waals surface area contributed by atoms with Crippen molar-refractivity contribution < 1.29 is 9.50 Å². The number of nitrogens with zero attached hydrogens (tertiary/aromatic N) is 5. The molecule has 5 rings (SSSR count). The Bertz CT molecular complexity index is 1150. The van der Waals surface area contributed by atoms with Crippen molar-refractivity contribution in [3.05, 3.63) is 59.3 Å². The van der Waals surface area contributed by atoms with Crippen molar-refractivity contribution in [1.82, 2.24) is 19.9 Å². The Morgan fingerprint density at radius 1 is 1.16 bits per heavy atom. The van der Waals surface area contributed by atoms with Gasteiger partial charge in [0, 0.05) is 25.3 Å². The molecule has 2 aromatic heterocycles. The van der Waals surface area contributed by atoms with E-state index in [1.807, 2.05) is 6.07 Å². The van der Waals surface area contributed by atoms with Gasteiger partial charge in [-0.2, -0.15) is 0 Å². The molecular weight excluding hydrogens is 429 g/mol. The summed E-state index contributed by atoms with van der Waals surface area (Å²) in [5, 5.41) is 11.2. The van der Waals surface area contributed by atoms with E-state index in [9.17, 15) is 9.50 Å². The Morgan fingerprint density at radius 3 is 2.72 bits per heavy atom. The molecule has 1 aliphatic heterocycles. The lowest BCUT2D eigenvalue weighted by Gasteiger charge is -2.42. The summed E-state index contributed by atoms with van der Waals surface area (Å²) < 4.78 is 13.7. The number of hydrogen-bond acceptors (Lipinski definition) is 9. The maximum absolute atomic E-state index is 13.7. The number of aromatic nitrogens is 4. The smallest absolute Gasteiger partial charge is 0.221 e. The minimum absolute atomic E-state index is 0.0673. The van der Waals surface area contributed by atoms with Gasteiger partial charge in [0.1, 0.15) is 21.6 Å². The van der Waals surface area contributed by atoms with Crippen molar-refractivity contribution in [2.75, 3.05) is 23.7 Å². The van der Waals surface area contributed by atoms with Crippen molar-refractivity contribution in [2.24, 2.45) is 11.1 Å². The summed E-state index contributed by atoms with van der Waals surface area (Å²) in [4.78, 5) is 19.4. The first-order valence-electron chi connectivity index (χ1n) is 10.5. The molecule has 1 saturated heterocycles. The Balaban J connectivity index is 1.31. The summed E-state index contributed by atoms with van der Waals surface area (Å²) in [6, 6.07) is 6.59. The van der Waals surface area contributed by atoms with Crippen LogP contribution in [-0.4, -0.2) is 38.1 Å². The molecule has 8 nitrogen and oxygen atoms in total. The number of halogens is 1. The molecule has 1 aromatic carbocycles. The zero-order chi connectivity index (χ0) is 22.3. The van der Waals surface area contributed by atoms with Crippen LogP contribution in [0.3, 0.4) is 0 Å². The van der Waals surface area contributed by atoms with Crippen LogP contribution in [0.5, 0.6) is 0 Å². The molecule has 1 aliphatic carbocycles. The highest BCUT2D eigenvalue weighted by Gasteiger charge is 2.46. The second kappa shape index (κ2) is 8.27. The van der Waals surface area contributed by atoms with Crippen molar-refractivity contribution in [3.8, 4) is 0 Å². The molecule has 32 heavy (non-hydrogen) atoms. The summed E-state index contributed by atoms with van der Waals surface area (Å²) in [5.74, 6) is 0.666. The topological polar surface area (TPSA) is 127 Å². The van der Waals surface area contributed by atoms with E-state index in [1.54, 1.807) is 24.5 Å². The molecule has 0 radical (unpaired) electrons. The summed E-state index contributed by atoms with van der Waals surface area (Å²) in [7, 11) is 0. The lowest BCUT2D eigenvalue weighted by molar-refractivity contribution is 0.186. The van der Waals surface area contributed by atoms with Crippen molar-refractivity contribution in [1.29, 1.82) is 0 Å². The number of aliphatic hydroxyl groups excluding tert-OH is 1. The molecule has 0 unspecified atom stereocenters. The van der Waals surface area contributed by atoms with Crippen LogP contribution in [0.2, 0.25) is 0 Å². The largest absolute Gasteiger partial charge is 0.390 e. The van der Waals surface area contributed by atoms with Crippen LogP contribution in [0.1, 0.15) is 35.7 Å². The molecule has 0 saturated carbocycles. The van der Waals surface area contributed by atoms with E-state index < -0.39 is 0 Å². The number of hydrogen-bond donors (Lipinski definition) is 3. The molecule has 0 bridgehead atoms. The van der Waals surface area contributed by atoms with Gasteiger partial charge in [-0.1, -0.05) is 6.07 Å². The fourth-order valence-corrected chi connectivity index (χ4v) is 5.59. The fourth-order valence-electron chi connectivity index (χ4n) is 4.84. The number of nitrogen functional groups attached to an aromatic ring is 1. The van der Waals surface area contributed by atoms with Crippen LogP contribution in [0.15, 0.2) is 46.7 Å². The third-order valence-corrected chi connectivity index (χ3v) is 7.35. The average molecular weight is 454 g/mol. The first kappa shape index (κ1) is 21.0. The van der Waals surface area contributed by atoms with E-state index in [-0.39, 0.29) is 29.8 Å². The summed E-state index contributed by atoms with van der Waals surface area (Å²) in [6.45, 7) is 1.29. The van der Waals surface area contributed by atoms with Crippen molar-refractivity contribution in [3.63, 3.8) is 0 Å². The van der Waals surface area contributed by atoms with Crippen LogP contribution < -0.4 is 16.4 Å². The third kappa shape index (κ3) is 3.78. The van der Waals surface area contributed by atoms with E-state index in [0.717, 1.165) is 43.5 Å². The van der Waals surface area contributed by atoms with Crippen LogP contribution in [0.4, 0.5) is 16.2 Å². The highest BCUT2D eigenvalue weighted by atomic mass is 32.2. The maximum Gasteiger partial charge on any atom is 0.221 e. The number of benzene rings is 1. The second-order valence-electron chi connectivity index (χ2n) is 8.34. The zero-order valence-electron chi connectivity index (χ0n) is 17.4. The zero-order valence-corrected chi connectivity index (χ0v) is 18.2. The number of fused-ring (bicyclic) bond motifs is 1. The molecule has 1 atom stereocenters. The number of aliphatic hydroxyl groups is 1. The number of anilines is 2. The van der Waals surface area contributed by atoms with E-state index in [0.29, 0.717) is 21.6 Å². The van der Waals surface area contributed by atoms with Gasteiger partial charge in [0.2, 0.25) is 5.95 Å². The van der Waals surface area contributed by atoms with Gasteiger partial charge in [-0.15, -0.1) is 0 Å². The molecule has 1 spiro atoms. The SMILES string of the molecule is Nc1nccc(Sc2cnc(N3CCC4(CC3)Cc3cc(F)ccc3[C@H]4N)c(CO)n2)n1. The minimum atomic E-state index is -0.214. The standard InChI is InChI=1S/C22H24FN7OS/c23-14-1-2-15-13(9-14)10-22(19(15)24)4-7-30(8-5-22)20-16(12-31)28-18(11-27-20)32-17-3-6-26-21(25)29-17/h1-3,6,9,11,19,31H,4-5,7-8,10,12,24H2,(H2,25,26,29)/t19-/m1/s1. The molecule has 3 heterocycles. The third-order valence-electron chi connectivity index (χ3n) is 6.51. The fraction of sp³-hybridized carbons (Fsp3) is 0.364. The van der Waals surface area contributed by atoms with E-state index >= 15 is 0 Å². The Hall–Kier alpha value is -2.82. The molecule has 3 aromatic rings. The van der Waals surface area contributed by atoms with Gasteiger partial charge in [-0.05, 0) is 65.8 Å². The van der Waals surface area contributed by atoms with Gasteiger partial charge in [0.15, 0.2) is 5.82 Å². The highest BCUT2D eigenvalue weighted by Crippen LogP contribution is 2.51. The van der Waals surface area contributed by atoms with Gasteiger partial charge >= 0.3 is 0 Å². The lowest BCUT2D eigenvalue weighted by Crippen LogP contribution is -2.45. The van der Waals surface area contributed by atoms with Gasteiger partial charge in [0.25, 0.3) is 0 Å². The Labute approximate surface area is 189 Å². The van der Waals surface area contributed by atoms with Crippen LogP contribution >= 0.6 is 11.8 Å². The van der Waals surface area contributed by atoms with Crippen LogP contribution in [-0.2, 0) is 13.0 Å². The van der Waals surface area contributed by atoms with Crippen molar-refractivity contribution >= 4 is 23.5 Å². The molecule has 0 amide bonds. The highest BCUT2D eigenvalue weighted by molar-refractivity contribution is 7.99. The summed E-state index contributed by atoms with van der Waals surface area (Å²) in [6.07, 6.45) is 5.80. The van der Waals surface area contributed by atoms with Crippen LogP contribution in [0.25, 0.3) is 0 Å². The number of piperidine rings is 1. The quantitative estimate of drug-likeness (QED) is 0.511. The molecular formula is C22H24FN7OS. The monoisotopic (exact) mass is 453 g/mol. The lowest BCUT2D eigenvalue weighted by atomic mass is 9.73. The molecule has 1 fully saturated rings. The maximum atomic E-state index is 13.7. The van der Waals surface area contributed by atoms with E-state index in [2.05, 4.69) is 24.8 Å².